The Labute approximate surface area is 116 Å². The number of benzene rings is 2. The molecule has 0 radical (unpaired) electrons. The molecule has 5 heteroatoms. The van der Waals surface area contributed by atoms with E-state index in [1.165, 1.54) is 13.3 Å². The van der Waals surface area contributed by atoms with Crippen molar-refractivity contribution in [3.8, 4) is 11.5 Å². The number of para-hydroxylation sites is 2. The van der Waals surface area contributed by atoms with Gasteiger partial charge in [-0.2, -0.15) is 0 Å². The summed E-state index contributed by atoms with van der Waals surface area (Å²) in [5, 5.41) is 9.94. The van der Waals surface area contributed by atoms with Crippen LogP contribution < -0.4 is 10.5 Å². The number of primary amides is 1. The van der Waals surface area contributed by atoms with Crippen molar-refractivity contribution in [3.63, 3.8) is 0 Å². The molecule has 0 aliphatic carbocycles. The van der Waals surface area contributed by atoms with Crippen LogP contribution in [0.1, 0.15) is 15.9 Å². The van der Waals surface area contributed by atoms with Crippen molar-refractivity contribution in [2.45, 2.75) is 0 Å². The van der Waals surface area contributed by atoms with Gasteiger partial charge in [0.15, 0.2) is 11.5 Å². The molecular formula is C15H14N2O3. The Bertz CT molecular complexity index is 666. The predicted octanol–water partition coefficient (Wildman–Crippen LogP) is 2.25. The molecule has 20 heavy (non-hydrogen) atoms. The van der Waals surface area contributed by atoms with Crippen LogP contribution >= 0.6 is 0 Å². The summed E-state index contributed by atoms with van der Waals surface area (Å²) in [6.07, 6.45) is 1.46. The number of nitrogens with zero attached hydrogens (tertiary/aromatic N) is 1. The lowest BCUT2D eigenvalue weighted by Gasteiger charge is -2.05. The van der Waals surface area contributed by atoms with E-state index in [9.17, 15) is 9.90 Å². The van der Waals surface area contributed by atoms with Gasteiger partial charge >= 0.3 is 0 Å². The molecule has 0 aliphatic heterocycles. The number of ether oxygens (including phenoxy) is 1. The fourth-order valence-electron chi connectivity index (χ4n) is 1.74. The Balaban J connectivity index is 2.38. The minimum atomic E-state index is -0.549. The highest BCUT2D eigenvalue weighted by molar-refractivity contribution is 5.99. The molecule has 1 amide bonds. The number of amides is 1. The average Bonchev–Trinajstić information content (AvgIpc) is 2.46. The number of phenolic OH excluding ortho intramolecular Hbond substituents is 1. The smallest absolute Gasteiger partial charge is 0.250 e. The van der Waals surface area contributed by atoms with Gasteiger partial charge in [0.2, 0.25) is 0 Å². The summed E-state index contributed by atoms with van der Waals surface area (Å²) in [5.41, 5.74) is 6.54. The van der Waals surface area contributed by atoms with E-state index in [-0.39, 0.29) is 5.75 Å². The number of hydrogen-bond donors (Lipinski definition) is 2. The standard InChI is InChI=1S/C15H14N2O3/c1-20-13-8-4-5-10(14(13)18)9-17-12-7-3-2-6-11(12)15(16)19/h2-9,18H,1H3,(H2,16,19). The first kappa shape index (κ1) is 13.6. The molecule has 0 aliphatic rings. The lowest BCUT2D eigenvalue weighted by molar-refractivity contribution is 0.100. The quantitative estimate of drug-likeness (QED) is 0.835. The monoisotopic (exact) mass is 270 g/mol. The minimum absolute atomic E-state index is 0.00435. The normalized spacial score (nSPS) is 10.7. The van der Waals surface area contributed by atoms with Crippen LogP contribution in [0.4, 0.5) is 5.69 Å². The lowest BCUT2D eigenvalue weighted by atomic mass is 10.1. The molecular weight excluding hydrogens is 256 g/mol. The Morgan fingerprint density at radius 1 is 1.25 bits per heavy atom. The largest absolute Gasteiger partial charge is 0.504 e. The van der Waals surface area contributed by atoms with E-state index in [2.05, 4.69) is 4.99 Å². The van der Waals surface area contributed by atoms with Crippen molar-refractivity contribution < 1.29 is 14.6 Å². The Hall–Kier alpha value is -2.82. The molecule has 0 aromatic heterocycles. The van der Waals surface area contributed by atoms with Crippen molar-refractivity contribution in [1.82, 2.24) is 0 Å². The van der Waals surface area contributed by atoms with Crippen molar-refractivity contribution in [3.05, 3.63) is 53.6 Å². The first-order valence-corrected chi connectivity index (χ1v) is 5.92. The van der Waals surface area contributed by atoms with Gasteiger partial charge in [-0.3, -0.25) is 9.79 Å². The first-order chi connectivity index (χ1) is 9.63. The van der Waals surface area contributed by atoms with Gasteiger partial charge in [-0.1, -0.05) is 18.2 Å². The van der Waals surface area contributed by atoms with Crippen LogP contribution in [0.15, 0.2) is 47.5 Å². The molecule has 0 bridgehead atoms. The number of hydrogen-bond acceptors (Lipinski definition) is 4. The van der Waals surface area contributed by atoms with E-state index in [0.717, 1.165) is 0 Å². The zero-order valence-corrected chi connectivity index (χ0v) is 10.9. The Kier molecular flexibility index (Phi) is 4.00. The fraction of sp³-hybridized carbons (Fsp3) is 0.0667. The molecule has 0 spiro atoms. The van der Waals surface area contributed by atoms with Crippen LogP contribution in [0, 0.1) is 0 Å². The molecule has 0 saturated carbocycles. The predicted molar refractivity (Wildman–Crippen MR) is 76.9 cm³/mol. The van der Waals surface area contributed by atoms with Gasteiger partial charge in [-0.15, -0.1) is 0 Å². The summed E-state index contributed by atoms with van der Waals surface area (Å²) in [6.45, 7) is 0. The molecule has 2 aromatic rings. The molecule has 3 N–H and O–H groups in total. The maximum atomic E-state index is 11.3. The van der Waals surface area contributed by atoms with Crippen LogP contribution in [-0.2, 0) is 0 Å². The number of rotatable bonds is 4. The molecule has 0 fully saturated rings. The van der Waals surface area contributed by atoms with Gasteiger partial charge in [-0.05, 0) is 24.3 Å². The number of phenols is 1. The molecule has 0 heterocycles. The van der Waals surface area contributed by atoms with Crippen LogP contribution in [0.5, 0.6) is 11.5 Å². The van der Waals surface area contributed by atoms with E-state index < -0.39 is 5.91 Å². The van der Waals surface area contributed by atoms with Crippen LogP contribution in [0.25, 0.3) is 0 Å². The summed E-state index contributed by atoms with van der Waals surface area (Å²) >= 11 is 0. The number of methoxy groups -OCH3 is 1. The molecule has 5 nitrogen and oxygen atoms in total. The SMILES string of the molecule is COc1cccc(C=Nc2ccccc2C(N)=O)c1O. The van der Waals surface area contributed by atoms with E-state index in [4.69, 9.17) is 10.5 Å². The van der Waals surface area contributed by atoms with Crippen molar-refractivity contribution >= 4 is 17.8 Å². The van der Waals surface area contributed by atoms with Gasteiger partial charge in [0, 0.05) is 11.8 Å². The Morgan fingerprint density at radius 3 is 2.70 bits per heavy atom. The maximum Gasteiger partial charge on any atom is 0.250 e. The van der Waals surface area contributed by atoms with E-state index >= 15 is 0 Å². The second-order valence-electron chi connectivity index (χ2n) is 4.04. The second kappa shape index (κ2) is 5.88. The van der Waals surface area contributed by atoms with Gasteiger partial charge in [0.1, 0.15) is 0 Å². The summed E-state index contributed by atoms with van der Waals surface area (Å²) in [6, 6.07) is 11.8. The third-order valence-electron chi connectivity index (χ3n) is 2.76. The molecule has 2 rings (SSSR count). The summed E-state index contributed by atoms with van der Waals surface area (Å²) in [5.74, 6) is -0.194. The van der Waals surface area contributed by atoms with Crippen molar-refractivity contribution in [1.29, 1.82) is 0 Å². The van der Waals surface area contributed by atoms with Gasteiger partial charge in [0.25, 0.3) is 5.91 Å². The number of carbonyl (C=O) groups is 1. The fourth-order valence-corrected chi connectivity index (χ4v) is 1.74. The maximum absolute atomic E-state index is 11.3. The van der Waals surface area contributed by atoms with Gasteiger partial charge in [-0.25, -0.2) is 0 Å². The number of nitrogens with two attached hydrogens (primary N) is 1. The lowest BCUT2D eigenvalue weighted by Crippen LogP contribution is -2.10. The summed E-state index contributed by atoms with van der Waals surface area (Å²) < 4.78 is 5.01. The number of aliphatic imine (C=N–C) groups is 1. The first-order valence-electron chi connectivity index (χ1n) is 5.92. The van der Waals surface area contributed by atoms with Crippen molar-refractivity contribution in [2.24, 2.45) is 10.7 Å². The zero-order chi connectivity index (χ0) is 14.5. The highest BCUT2D eigenvalue weighted by Crippen LogP contribution is 2.28. The van der Waals surface area contributed by atoms with Crippen LogP contribution in [-0.4, -0.2) is 24.3 Å². The topological polar surface area (TPSA) is 84.9 Å². The molecule has 102 valence electrons. The molecule has 0 saturated heterocycles. The Morgan fingerprint density at radius 2 is 2.00 bits per heavy atom. The summed E-state index contributed by atoms with van der Waals surface area (Å²) in [7, 11) is 1.47. The van der Waals surface area contributed by atoms with Gasteiger partial charge < -0.3 is 15.6 Å². The molecule has 0 unspecified atom stereocenters. The third-order valence-corrected chi connectivity index (χ3v) is 2.76. The third kappa shape index (κ3) is 2.77. The molecule has 0 atom stereocenters. The number of carbonyl (C=O) groups excluding carboxylic acids is 1. The average molecular weight is 270 g/mol. The van der Waals surface area contributed by atoms with E-state index in [0.29, 0.717) is 22.6 Å². The van der Waals surface area contributed by atoms with E-state index in [1.807, 2.05) is 0 Å². The molecule has 2 aromatic carbocycles. The van der Waals surface area contributed by atoms with Crippen molar-refractivity contribution in [2.75, 3.05) is 7.11 Å². The van der Waals surface area contributed by atoms with Crippen LogP contribution in [0.3, 0.4) is 0 Å². The van der Waals surface area contributed by atoms with E-state index in [1.54, 1.807) is 42.5 Å². The highest BCUT2D eigenvalue weighted by atomic mass is 16.5. The van der Waals surface area contributed by atoms with Gasteiger partial charge in [0.05, 0.1) is 18.4 Å². The highest BCUT2D eigenvalue weighted by Gasteiger charge is 2.07. The zero-order valence-electron chi connectivity index (χ0n) is 10.9. The summed E-state index contributed by atoms with van der Waals surface area (Å²) in [4.78, 5) is 15.5. The number of aromatic hydroxyl groups is 1. The minimum Gasteiger partial charge on any atom is -0.504 e. The van der Waals surface area contributed by atoms with Crippen LogP contribution in [0.2, 0.25) is 0 Å². The second-order valence-corrected chi connectivity index (χ2v) is 4.04.